The van der Waals surface area contributed by atoms with E-state index in [2.05, 4.69) is 9.47 Å². The van der Waals surface area contributed by atoms with E-state index in [0.717, 1.165) is 31.4 Å². The number of methoxy groups -OCH3 is 2. The first-order valence-electron chi connectivity index (χ1n) is 8.70. The fourth-order valence-corrected chi connectivity index (χ4v) is 2.20. The van der Waals surface area contributed by atoms with Gasteiger partial charge in [0.2, 0.25) is 0 Å². The van der Waals surface area contributed by atoms with E-state index in [4.69, 9.17) is 5.73 Å². The summed E-state index contributed by atoms with van der Waals surface area (Å²) in [5, 5.41) is 1.48. The smallest absolute Gasteiger partial charge is 0.468 e. The summed E-state index contributed by atoms with van der Waals surface area (Å²) in [5.41, 5.74) is 6.02. The largest absolute Gasteiger partial charge is 0.471 e. The molecule has 0 heterocycles. The lowest BCUT2D eigenvalue weighted by Gasteiger charge is -2.17. The van der Waals surface area contributed by atoms with E-state index in [0.29, 0.717) is 5.56 Å². The average Bonchev–Trinajstić information content (AvgIpc) is 2.76. The molecule has 0 bridgehead atoms. The van der Waals surface area contributed by atoms with Crippen LogP contribution in [0.15, 0.2) is 48.5 Å². The Morgan fingerprint density at radius 2 is 1.22 bits per heavy atom. The number of rotatable bonds is 5. The Morgan fingerprint density at radius 3 is 1.59 bits per heavy atom. The highest BCUT2D eigenvalue weighted by Gasteiger charge is 2.41. The number of hydrogen-bond acceptors (Lipinski definition) is 6. The SMILES string of the molecule is COC(=O)[C@H](N)c1ccc(F)cc1.COC(=O)[C@H](NC(=O)C(F)(F)F)c1ccc(F)cc1. The fourth-order valence-electron chi connectivity index (χ4n) is 2.20. The molecule has 12 heteroatoms. The highest BCUT2D eigenvalue weighted by atomic mass is 19.4. The van der Waals surface area contributed by atoms with E-state index in [1.54, 1.807) is 0 Å². The van der Waals surface area contributed by atoms with Crippen molar-refractivity contribution in [3.63, 3.8) is 0 Å². The van der Waals surface area contributed by atoms with E-state index < -0.39 is 41.9 Å². The van der Waals surface area contributed by atoms with Crippen LogP contribution < -0.4 is 11.1 Å². The summed E-state index contributed by atoms with van der Waals surface area (Å²) in [6.45, 7) is 0. The highest BCUT2D eigenvalue weighted by molar-refractivity contribution is 5.88. The minimum atomic E-state index is -5.13. The van der Waals surface area contributed by atoms with Gasteiger partial charge in [0.25, 0.3) is 0 Å². The molecule has 7 nitrogen and oxygen atoms in total. The van der Waals surface area contributed by atoms with Gasteiger partial charge in [0, 0.05) is 0 Å². The summed E-state index contributed by atoms with van der Waals surface area (Å²) in [5.74, 6) is -4.90. The van der Waals surface area contributed by atoms with Gasteiger partial charge in [-0.1, -0.05) is 24.3 Å². The third-order valence-corrected chi connectivity index (χ3v) is 3.86. The molecule has 2 atom stereocenters. The number of amides is 1. The maximum atomic E-state index is 12.7. The van der Waals surface area contributed by atoms with Crippen LogP contribution in [0.4, 0.5) is 22.0 Å². The molecule has 0 saturated carbocycles. The molecule has 0 spiro atoms. The normalized spacial score (nSPS) is 12.5. The Kier molecular flexibility index (Phi) is 9.72. The predicted octanol–water partition coefficient (Wildman–Crippen LogP) is 2.72. The third kappa shape index (κ3) is 7.95. The van der Waals surface area contributed by atoms with E-state index in [1.807, 2.05) is 0 Å². The number of nitrogens with one attached hydrogen (secondary N) is 1. The summed E-state index contributed by atoms with van der Waals surface area (Å²) < 4.78 is 70.3. The van der Waals surface area contributed by atoms with E-state index in [-0.39, 0.29) is 11.4 Å². The first-order chi connectivity index (χ1) is 14.9. The van der Waals surface area contributed by atoms with E-state index in [9.17, 15) is 36.3 Å². The second-order valence-corrected chi connectivity index (χ2v) is 6.03. The Balaban J connectivity index is 0.000000343. The van der Waals surface area contributed by atoms with Crippen LogP contribution in [-0.2, 0) is 23.9 Å². The lowest BCUT2D eigenvalue weighted by atomic mass is 10.1. The molecule has 0 aliphatic carbocycles. The van der Waals surface area contributed by atoms with Gasteiger partial charge in [0.05, 0.1) is 14.2 Å². The molecule has 0 aliphatic heterocycles. The highest BCUT2D eigenvalue weighted by Crippen LogP contribution is 2.20. The van der Waals surface area contributed by atoms with Crippen LogP contribution in [0.2, 0.25) is 0 Å². The van der Waals surface area contributed by atoms with Crippen molar-refractivity contribution in [1.29, 1.82) is 0 Å². The van der Waals surface area contributed by atoms with Gasteiger partial charge < -0.3 is 20.5 Å². The van der Waals surface area contributed by atoms with E-state index in [1.165, 1.54) is 36.7 Å². The molecular weight excluding hydrogens is 443 g/mol. The fraction of sp³-hybridized carbons (Fsp3) is 0.250. The molecule has 0 aliphatic rings. The Bertz CT molecular complexity index is 917. The average molecular weight is 462 g/mol. The molecule has 174 valence electrons. The first kappa shape index (κ1) is 26.5. The monoisotopic (exact) mass is 462 g/mol. The topological polar surface area (TPSA) is 108 Å². The number of ether oxygens (including phenoxy) is 2. The number of carbonyl (C=O) groups is 3. The second-order valence-electron chi connectivity index (χ2n) is 6.03. The number of carbonyl (C=O) groups excluding carboxylic acids is 3. The van der Waals surface area contributed by atoms with Gasteiger partial charge in [-0.05, 0) is 35.4 Å². The minimum absolute atomic E-state index is 0.0224. The molecular formula is C20H19F5N2O5. The molecule has 0 fully saturated rings. The van der Waals surface area contributed by atoms with Gasteiger partial charge >= 0.3 is 24.0 Å². The van der Waals surface area contributed by atoms with Crippen LogP contribution in [-0.4, -0.2) is 38.2 Å². The summed E-state index contributed by atoms with van der Waals surface area (Å²) in [6, 6.07) is 6.96. The number of benzene rings is 2. The molecule has 0 radical (unpaired) electrons. The molecule has 1 amide bonds. The zero-order valence-electron chi connectivity index (χ0n) is 16.8. The zero-order chi connectivity index (χ0) is 24.5. The molecule has 32 heavy (non-hydrogen) atoms. The maximum absolute atomic E-state index is 12.7. The molecule has 2 rings (SSSR count). The molecule has 2 aromatic carbocycles. The van der Waals surface area contributed by atoms with Gasteiger partial charge in [-0.3, -0.25) is 9.59 Å². The van der Waals surface area contributed by atoms with Crippen LogP contribution in [0.25, 0.3) is 0 Å². The van der Waals surface area contributed by atoms with Crippen LogP contribution in [0.3, 0.4) is 0 Å². The van der Waals surface area contributed by atoms with Crippen LogP contribution in [0.1, 0.15) is 23.2 Å². The molecule has 3 N–H and O–H groups in total. The van der Waals surface area contributed by atoms with Crippen molar-refractivity contribution in [2.24, 2.45) is 5.73 Å². The van der Waals surface area contributed by atoms with Gasteiger partial charge in [-0.2, -0.15) is 13.2 Å². The van der Waals surface area contributed by atoms with Gasteiger partial charge in [-0.15, -0.1) is 0 Å². The number of nitrogens with two attached hydrogens (primary N) is 1. The van der Waals surface area contributed by atoms with Crippen molar-refractivity contribution in [2.75, 3.05) is 14.2 Å². The second kappa shape index (κ2) is 11.7. The maximum Gasteiger partial charge on any atom is 0.471 e. The molecule has 0 unspecified atom stereocenters. The lowest BCUT2D eigenvalue weighted by Crippen LogP contribution is -2.42. The third-order valence-electron chi connectivity index (χ3n) is 3.86. The van der Waals surface area contributed by atoms with Crippen molar-refractivity contribution in [3.05, 3.63) is 71.3 Å². The van der Waals surface area contributed by atoms with Crippen LogP contribution >= 0.6 is 0 Å². The minimum Gasteiger partial charge on any atom is -0.468 e. The van der Waals surface area contributed by atoms with Crippen molar-refractivity contribution in [1.82, 2.24) is 5.32 Å². The molecule has 0 saturated heterocycles. The van der Waals surface area contributed by atoms with Gasteiger partial charge in [0.15, 0.2) is 6.04 Å². The summed E-state index contributed by atoms with van der Waals surface area (Å²) in [4.78, 5) is 33.1. The van der Waals surface area contributed by atoms with Gasteiger partial charge in [-0.25, -0.2) is 13.6 Å². The standard InChI is InChI=1S/C11H9F4NO3.C9H10FNO2/c1-19-9(17)8(16-10(18)11(13,14)15)6-2-4-7(12)5-3-6;1-13-9(12)8(11)6-2-4-7(10)5-3-6/h2-5,8H,1H3,(H,16,18);2-5,8H,11H2,1H3/t2*8-/m11/s1. The Labute approximate surface area is 179 Å². The summed E-state index contributed by atoms with van der Waals surface area (Å²) in [6.07, 6.45) is -5.13. The zero-order valence-corrected chi connectivity index (χ0v) is 16.8. The van der Waals surface area contributed by atoms with Crippen molar-refractivity contribution >= 4 is 17.8 Å². The number of alkyl halides is 3. The Hall–Kier alpha value is -3.54. The summed E-state index contributed by atoms with van der Waals surface area (Å²) >= 11 is 0. The first-order valence-corrected chi connectivity index (χ1v) is 8.70. The quantitative estimate of drug-likeness (QED) is 0.523. The van der Waals surface area contributed by atoms with Crippen molar-refractivity contribution < 1.29 is 45.8 Å². The molecule has 2 aromatic rings. The van der Waals surface area contributed by atoms with Crippen LogP contribution in [0.5, 0.6) is 0 Å². The number of hydrogen-bond donors (Lipinski definition) is 2. The van der Waals surface area contributed by atoms with E-state index >= 15 is 0 Å². The number of halogens is 5. The van der Waals surface area contributed by atoms with Crippen molar-refractivity contribution in [2.45, 2.75) is 18.3 Å². The number of esters is 2. The van der Waals surface area contributed by atoms with Crippen LogP contribution in [0, 0.1) is 11.6 Å². The lowest BCUT2D eigenvalue weighted by molar-refractivity contribution is -0.175. The van der Waals surface area contributed by atoms with Gasteiger partial charge in [0.1, 0.15) is 17.7 Å². The molecule has 0 aromatic heterocycles. The predicted molar refractivity (Wildman–Crippen MR) is 101 cm³/mol. The Morgan fingerprint density at radius 1 is 0.812 bits per heavy atom. The van der Waals surface area contributed by atoms with Crippen molar-refractivity contribution in [3.8, 4) is 0 Å². The summed E-state index contributed by atoms with van der Waals surface area (Å²) in [7, 11) is 2.21.